The Bertz CT molecular complexity index is 828. The Labute approximate surface area is 173 Å². The third-order valence-electron chi connectivity index (χ3n) is 5.61. The van der Waals surface area contributed by atoms with Crippen LogP contribution in [-0.2, 0) is 17.9 Å². The minimum Gasteiger partial charge on any atom is -0.348 e. The van der Waals surface area contributed by atoms with Gasteiger partial charge in [0.05, 0.1) is 0 Å². The summed E-state index contributed by atoms with van der Waals surface area (Å²) in [6.07, 6.45) is 2.60. The first kappa shape index (κ1) is 21.1. The third-order valence-corrected chi connectivity index (χ3v) is 5.61. The highest BCUT2D eigenvalue weighted by molar-refractivity contribution is 5.96. The quantitative estimate of drug-likeness (QED) is 0.738. The molecule has 1 aliphatic heterocycles. The van der Waals surface area contributed by atoms with Crippen molar-refractivity contribution in [1.82, 2.24) is 10.2 Å². The van der Waals surface area contributed by atoms with E-state index in [0.29, 0.717) is 18.5 Å². The van der Waals surface area contributed by atoms with Crippen LogP contribution in [-0.4, -0.2) is 36.3 Å². The number of hydrogen-bond acceptors (Lipinski definition) is 3. The van der Waals surface area contributed by atoms with Crippen molar-refractivity contribution in [1.29, 1.82) is 0 Å². The van der Waals surface area contributed by atoms with E-state index in [2.05, 4.69) is 36.2 Å². The Morgan fingerprint density at radius 2 is 1.69 bits per heavy atom. The molecule has 0 radical (unpaired) electrons. The van der Waals surface area contributed by atoms with E-state index >= 15 is 0 Å². The predicted octanol–water partition coefficient (Wildman–Crippen LogP) is 3.98. The molecule has 0 aromatic heterocycles. The minimum absolute atomic E-state index is 0.0980. The van der Waals surface area contributed by atoms with Crippen LogP contribution in [0.2, 0.25) is 0 Å². The summed E-state index contributed by atoms with van der Waals surface area (Å²) in [4.78, 5) is 28.9. The van der Waals surface area contributed by atoms with Crippen molar-refractivity contribution in [2.45, 2.75) is 46.2 Å². The van der Waals surface area contributed by atoms with E-state index in [-0.39, 0.29) is 11.8 Å². The van der Waals surface area contributed by atoms with E-state index < -0.39 is 0 Å². The first-order chi connectivity index (χ1) is 14.1. The van der Waals surface area contributed by atoms with E-state index in [9.17, 15) is 9.59 Å². The lowest BCUT2D eigenvalue weighted by Crippen LogP contribution is -2.35. The number of hydrogen-bond donors (Lipinski definition) is 1. The Balaban J connectivity index is 1.62. The molecule has 5 nitrogen and oxygen atoms in total. The van der Waals surface area contributed by atoms with Crippen LogP contribution in [0.4, 0.5) is 5.69 Å². The maximum atomic E-state index is 12.6. The van der Waals surface area contributed by atoms with Gasteiger partial charge in [0.25, 0.3) is 5.91 Å². The molecule has 0 unspecified atom stereocenters. The van der Waals surface area contributed by atoms with E-state index in [1.807, 2.05) is 29.2 Å². The molecule has 0 aliphatic carbocycles. The standard InChI is InChI=1S/C24H31N3O2/c1-3-26(4-2)18-21-10-6-5-9-20(21)17-25-24(29)19-12-14-22(15-13-19)27-16-8-7-11-23(27)28/h5-6,9-10,12-15H,3-4,7-8,11,16-18H2,1-2H3,(H,25,29). The summed E-state index contributed by atoms with van der Waals surface area (Å²) in [6, 6.07) is 15.6. The Kier molecular flexibility index (Phi) is 7.42. The molecule has 1 fully saturated rings. The number of piperidine rings is 1. The molecule has 1 N–H and O–H groups in total. The van der Waals surface area contributed by atoms with E-state index in [1.54, 1.807) is 12.1 Å². The number of benzene rings is 2. The molecule has 0 atom stereocenters. The number of nitrogens with one attached hydrogen (secondary N) is 1. The summed E-state index contributed by atoms with van der Waals surface area (Å²) in [5, 5.41) is 3.03. The smallest absolute Gasteiger partial charge is 0.251 e. The molecule has 5 heteroatoms. The van der Waals surface area contributed by atoms with Crippen molar-refractivity contribution >= 4 is 17.5 Å². The zero-order valence-corrected chi connectivity index (χ0v) is 17.5. The first-order valence-corrected chi connectivity index (χ1v) is 10.6. The van der Waals surface area contributed by atoms with Gasteiger partial charge in [-0.1, -0.05) is 38.1 Å². The van der Waals surface area contributed by atoms with Crippen LogP contribution in [0.25, 0.3) is 0 Å². The zero-order valence-electron chi connectivity index (χ0n) is 17.5. The lowest BCUT2D eigenvalue weighted by Gasteiger charge is -2.26. The molecule has 2 aromatic carbocycles. The van der Waals surface area contributed by atoms with Gasteiger partial charge in [0.15, 0.2) is 0 Å². The van der Waals surface area contributed by atoms with Gasteiger partial charge in [-0.3, -0.25) is 14.5 Å². The Morgan fingerprint density at radius 3 is 2.34 bits per heavy atom. The largest absolute Gasteiger partial charge is 0.348 e. The summed E-state index contributed by atoms with van der Waals surface area (Å²) in [7, 11) is 0. The lowest BCUT2D eigenvalue weighted by molar-refractivity contribution is -0.119. The molecule has 29 heavy (non-hydrogen) atoms. The maximum Gasteiger partial charge on any atom is 0.251 e. The van der Waals surface area contributed by atoms with E-state index in [1.165, 1.54) is 5.56 Å². The second-order valence-corrected chi connectivity index (χ2v) is 7.46. The Morgan fingerprint density at radius 1 is 1.00 bits per heavy atom. The predicted molar refractivity (Wildman–Crippen MR) is 117 cm³/mol. The number of amides is 2. The van der Waals surface area contributed by atoms with E-state index in [0.717, 1.165) is 50.3 Å². The van der Waals surface area contributed by atoms with Crippen LogP contribution in [0.1, 0.15) is 54.6 Å². The second kappa shape index (κ2) is 10.2. The summed E-state index contributed by atoms with van der Waals surface area (Å²) in [5.41, 5.74) is 3.87. The van der Waals surface area contributed by atoms with Crippen LogP contribution in [0, 0.1) is 0 Å². The molecular weight excluding hydrogens is 362 g/mol. The highest BCUT2D eigenvalue weighted by Gasteiger charge is 2.19. The van der Waals surface area contributed by atoms with Crippen LogP contribution in [0.3, 0.4) is 0 Å². The monoisotopic (exact) mass is 393 g/mol. The number of carbonyl (C=O) groups excluding carboxylic acids is 2. The molecule has 2 aromatic rings. The van der Waals surface area contributed by atoms with Gasteiger partial charge in [-0.2, -0.15) is 0 Å². The number of rotatable bonds is 8. The number of anilines is 1. The lowest BCUT2D eigenvalue weighted by atomic mass is 10.1. The molecule has 1 saturated heterocycles. The average Bonchev–Trinajstić information content (AvgIpc) is 2.77. The van der Waals surface area contributed by atoms with Crippen LogP contribution < -0.4 is 10.2 Å². The summed E-state index contributed by atoms with van der Waals surface area (Å²) in [5.74, 6) is 0.0671. The van der Waals surface area contributed by atoms with Gasteiger partial charge in [0.1, 0.15) is 0 Å². The molecule has 3 rings (SSSR count). The Hall–Kier alpha value is -2.66. The van der Waals surface area contributed by atoms with Gasteiger partial charge in [-0.15, -0.1) is 0 Å². The highest BCUT2D eigenvalue weighted by atomic mass is 16.2. The van der Waals surface area contributed by atoms with Crippen molar-refractivity contribution in [3.05, 3.63) is 65.2 Å². The number of carbonyl (C=O) groups is 2. The normalized spacial score (nSPS) is 14.3. The summed E-state index contributed by atoms with van der Waals surface area (Å²) >= 11 is 0. The fourth-order valence-corrected chi connectivity index (χ4v) is 3.72. The molecule has 1 heterocycles. The molecule has 1 aliphatic rings. The molecule has 154 valence electrons. The molecular formula is C24H31N3O2. The summed E-state index contributed by atoms with van der Waals surface area (Å²) in [6.45, 7) is 8.48. The molecule has 0 bridgehead atoms. The number of nitrogens with zero attached hydrogens (tertiary/aromatic N) is 2. The van der Waals surface area contributed by atoms with Crippen LogP contribution in [0.5, 0.6) is 0 Å². The van der Waals surface area contributed by atoms with Gasteiger partial charge >= 0.3 is 0 Å². The van der Waals surface area contributed by atoms with Gasteiger partial charge < -0.3 is 10.2 Å². The van der Waals surface area contributed by atoms with Crippen LogP contribution >= 0.6 is 0 Å². The van der Waals surface area contributed by atoms with Crippen LogP contribution in [0.15, 0.2) is 48.5 Å². The van der Waals surface area contributed by atoms with Gasteiger partial charge in [0, 0.05) is 37.3 Å². The fourth-order valence-electron chi connectivity index (χ4n) is 3.72. The maximum absolute atomic E-state index is 12.6. The topological polar surface area (TPSA) is 52.7 Å². The molecule has 0 saturated carbocycles. The second-order valence-electron chi connectivity index (χ2n) is 7.46. The van der Waals surface area contributed by atoms with Crippen molar-refractivity contribution in [3.63, 3.8) is 0 Å². The van der Waals surface area contributed by atoms with Gasteiger partial charge in [0.2, 0.25) is 5.91 Å². The summed E-state index contributed by atoms with van der Waals surface area (Å²) < 4.78 is 0. The SMILES string of the molecule is CCN(CC)Cc1ccccc1CNC(=O)c1ccc(N2CCCCC2=O)cc1. The zero-order chi connectivity index (χ0) is 20.6. The van der Waals surface area contributed by atoms with Gasteiger partial charge in [-0.05, 0) is 61.3 Å². The average molecular weight is 394 g/mol. The van der Waals surface area contributed by atoms with Gasteiger partial charge in [-0.25, -0.2) is 0 Å². The van der Waals surface area contributed by atoms with E-state index in [4.69, 9.17) is 0 Å². The third kappa shape index (κ3) is 5.45. The minimum atomic E-state index is -0.0980. The van der Waals surface area contributed by atoms with Crippen molar-refractivity contribution in [2.75, 3.05) is 24.5 Å². The first-order valence-electron chi connectivity index (χ1n) is 10.6. The van der Waals surface area contributed by atoms with Crippen molar-refractivity contribution < 1.29 is 9.59 Å². The fraction of sp³-hybridized carbons (Fsp3) is 0.417. The molecule has 0 spiro atoms. The van der Waals surface area contributed by atoms with Crippen molar-refractivity contribution in [2.24, 2.45) is 0 Å². The van der Waals surface area contributed by atoms with Crippen molar-refractivity contribution in [3.8, 4) is 0 Å². The highest BCUT2D eigenvalue weighted by Crippen LogP contribution is 2.21. The molecule has 2 amide bonds.